The predicted octanol–water partition coefficient (Wildman–Crippen LogP) is 3.15. The number of hydrogen-bond donors (Lipinski definition) is 1. The fourth-order valence-corrected chi connectivity index (χ4v) is 2.40. The molecular formula is C14H14F5NO2. The maximum Gasteiger partial charge on any atom is 0.416 e. The Balaban J connectivity index is 2.67. The Hall–Kier alpha value is -1.70. The van der Waals surface area contributed by atoms with Crippen molar-refractivity contribution in [2.24, 2.45) is 0 Å². The van der Waals surface area contributed by atoms with Gasteiger partial charge in [0.15, 0.2) is 0 Å². The average molecular weight is 323 g/mol. The molecule has 1 aromatic rings. The standard InChI is InChI=1S/C14H14F5NO2/c1-7(2)20-5-10-9(12(20)22)3-8(13(15,16)6-21)4-11(10)14(17,18)19/h3-4,7,21H,5-6H2,1-2H3. The van der Waals surface area contributed by atoms with E-state index in [-0.39, 0.29) is 23.7 Å². The number of aliphatic hydroxyl groups excluding tert-OH is 1. The number of fused-ring (bicyclic) bond motifs is 1. The van der Waals surface area contributed by atoms with E-state index < -0.39 is 35.7 Å². The highest BCUT2D eigenvalue weighted by molar-refractivity contribution is 5.99. The lowest BCUT2D eigenvalue weighted by Gasteiger charge is -2.20. The van der Waals surface area contributed by atoms with Gasteiger partial charge in [0.2, 0.25) is 0 Å². The van der Waals surface area contributed by atoms with Gasteiger partial charge < -0.3 is 10.0 Å². The van der Waals surface area contributed by atoms with Crippen molar-refractivity contribution in [2.75, 3.05) is 6.61 Å². The van der Waals surface area contributed by atoms with Crippen LogP contribution in [0.2, 0.25) is 0 Å². The second kappa shape index (κ2) is 5.19. The van der Waals surface area contributed by atoms with Gasteiger partial charge in [-0.15, -0.1) is 0 Å². The Morgan fingerprint density at radius 3 is 2.27 bits per heavy atom. The summed E-state index contributed by atoms with van der Waals surface area (Å²) in [5.74, 6) is -4.56. The molecule has 0 aromatic heterocycles. The van der Waals surface area contributed by atoms with E-state index in [9.17, 15) is 26.7 Å². The number of alkyl halides is 5. The minimum atomic E-state index is -4.86. The second-order valence-corrected chi connectivity index (χ2v) is 5.44. The third-order valence-electron chi connectivity index (χ3n) is 3.62. The number of carbonyl (C=O) groups is 1. The fraction of sp³-hybridized carbons (Fsp3) is 0.500. The lowest BCUT2D eigenvalue weighted by atomic mass is 9.96. The highest BCUT2D eigenvalue weighted by atomic mass is 19.4. The van der Waals surface area contributed by atoms with Gasteiger partial charge in [-0.25, -0.2) is 0 Å². The monoisotopic (exact) mass is 323 g/mol. The number of aliphatic hydroxyl groups is 1. The second-order valence-electron chi connectivity index (χ2n) is 5.44. The molecule has 0 unspecified atom stereocenters. The minimum absolute atomic E-state index is 0.272. The average Bonchev–Trinajstić information content (AvgIpc) is 2.74. The number of rotatable bonds is 3. The van der Waals surface area contributed by atoms with Crippen LogP contribution in [0.1, 0.15) is 40.9 Å². The zero-order valence-electron chi connectivity index (χ0n) is 11.8. The van der Waals surface area contributed by atoms with Crippen molar-refractivity contribution in [3.8, 4) is 0 Å². The van der Waals surface area contributed by atoms with Crippen LogP contribution in [0.4, 0.5) is 22.0 Å². The van der Waals surface area contributed by atoms with Gasteiger partial charge in [-0.2, -0.15) is 22.0 Å². The van der Waals surface area contributed by atoms with Crippen LogP contribution >= 0.6 is 0 Å². The molecule has 2 rings (SSSR count). The van der Waals surface area contributed by atoms with Crippen LogP contribution in [0.25, 0.3) is 0 Å². The third kappa shape index (κ3) is 2.67. The summed E-state index contributed by atoms with van der Waals surface area (Å²) in [4.78, 5) is 13.3. The number of amides is 1. The molecule has 0 saturated heterocycles. The van der Waals surface area contributed by atoms with Gasteiger partial charge in [0.05, 0.1) is 5.56 Å². The molecule has 8 heteroatoms. The molecule has 0 radical (unpaired) electrons. The Labute approximate surface area is 123 Å². The van der Waals surface area contributed by atoms with Gasteiger partial charge in [-0.1, -0.05) is 0 Å². The van der Waals surface area contributed by atoms with Gasteiger partial charge in [0, 0.05) is 23.7 Å². The van der Waals surface area contributed by atoms with Crippen molar-refractivity contribution in [2.45, 2.75) is 38.5 Å². The topological polar surface area (TPSA) is 40.5 Å². The molecule has 0 saturated carbocycles. The number of halogens is 5. The van der Waals surface area contributed by atoms with Crippen LogP contribution in [-0.4, -0.2) is 28.6 Å². The summed E-state index contributed by atoms with van der Waals surface area (Å²) < 4.78 is 66.5. The summed E-state index contributed by atoms with van der Waals surface area (Å²) in [6.07, 6.45) is -4.86. The smallest absolute Gasteiger partial charge is 0.390 e. The highest BCUT2D eigenvalue weighted by Crippen LogP contribution is 2.41. The molecule has 122 valence electrons. The van der Waals surface area contributed by atoms with Crippen LogP contribution in [0.15, 0.2) is 12.1 Å². The normalized spacial score (nSPS) is 15.7. The molecule has 1 aromatic carbocycles. The third-order valence-corrected chi connectivity index (χ3v) is 3.62. The molecule has 0 bridgehead atoms. The summed E-state index contributed by atoms with van der Waals surface area (Å²) in [5.41, 5.74) is -2.96. The highest BCUT2D eigenvalue weighted by Gasteiger charge is 2.43. The van der Waals surface area contributed by atoms with Crippen molar-refractivity contribution in [1.82, 2.24) is 4.90 Å². The first-order chi connectivity index (χ1) is 9.99. The zero-order chi connectivity index (χ0) is 16.9. The molecule has 22 heavy (non-hydrogen) atoms. The zero-order valence-corrected chi connectivity index (χ0v) is 11.8. The molecule has 1 aliphatic heterocycles. The predicted molar refractivity (Wildman–Crippen MR) is 67.4 cm³/mol. The number of hydrogen-bond acceptors (Lipinski definition) is 2. The molecular weight excluding hydrogens is 309 g/mol. The minimum Gasteiger partial charge on any atom is -0.390 e. The maximum absolute atomic E-state index is 13.6. The molecule has 3 nitrogen and oxygen atoms in total. The van der Waals surface area contributed by atoms with Crippen LogP contribution in [-0.2, 0) is 18.6 Å². The van der Waals surface area contributed by atoms with E-state index >= 15 is 0 Å². The number of nitrogens with zero attached hydrogens (tertiary/aromatic N) is 1. The van der Waals surface area contributed by atoms with Crippen molar-refractivity contribution >= 4 is 5.91 Å². The molecule has 1 heterocycles. The number of benzene rings is 1. The van der Waals surface area contributed by atoms with Crippen LogP contribution in [0, 0.1) is 0 Å². The summed E-state index contributed by atoms with van der Waals surface area (Å²) >= 11 is 0. The van der Waals surface area contributed by atoms with Gasteiger partial charge >= 0.3 is 6.18 Å². The molecule has 1 aliphatic rings. The van der Waals surface area contributed by atoms with Crippen LogP contribution in [0.3, 0.4) is 0 Å². The Morgan fingerprint density at radius 2 is 1.82 bits per heavy atom. The van der Waals surface area contributed by atoms with Crippen molar-refractivity contribution < 1.29 is 31.9 Å². The Kier molecular flexibility index (Phi) is 3.93. The molecule has 1 N–H and O–H groups in total. The summed E-state index contributed by atoms with van der Waals surface area (Å²) in [6.45, 7) is 1.34. The van der Waals surface area contributed by atoms with Crippen molar-refractivity contribution in [3.63, 3.8) is 0 Å². The Morgan fingerprint density at radius 1 is 1.23 bits per heavy atom. The van der Waals surface area contributed by atoms with Crippen LogP contribution in [0.5, 0.6) is 0 Å². The van der Waals surface area contributed by atoms with Gasteiger partial charge in [0.1, 0.15) is 6.61 Å². The van der Waals surface area contributed by atoms with E-state index in [0.717, 1.165) is 6.07 Å². The van der Waals surface area contributed by atoms with E-state index in [2.05, 4.69) is 0 Å². The first-order valence-corrected chi connectivity index (χ1v) is 6.53. The first-order valence-electron chi connectivity index (χ1n) is 6.53. The van der Waals surface area contributed by atoms with Gasteiger partial charge in [-0.05, 0) is 31.5 Å². The van der Waals surface area contributed by atoms with Crippen molar-refractivity contribution in [1.29, 1.82) is 0 Å². The van der Waals surface area contributed by atoms with Crippen LogP contribution < -0.4 is 0 Å². The molecule has 0 aliphatic carbocycles. The molecule has 0 fully saturated rings. The van der Waals surface area contributed by atoms with Crippen molar-refractivity contribution in [3.05, 3.63) is 34.4 Å². The quantitative estimate of drug-likeness (QED) is 0.868. The molecule has 0 spiro atoms. The summed E-state index contributed by atoms with van der Waals surface area (Å²) in [6, 6.07) is 0.695. The Bertz CT molecular complexity index is 610. The maximum atomic E-state index is 13.6. The van der Waals surface area contributed by atoms with E-state index in [1.54, 1.807) is 13.8 Å². The molecule has 0 atom stereocenters. The first kappa shape index (κ1) is 16.7. The van der Waals surface area contributed by atoms with E-state index in [1.807, 2.05) is 0 Å². The largest absolute Gasteiger partial charge is 0.416 e. The lowest BCUT2D eigenvalue weighted by Crippen LogP contribution is -2.30. The fourth-order valence-electron chi connectivity index (χ4n) is 2.40. The van der Waals surface area contributed by atoms with E-state index in [0.29, 0.717) is 6.07 Å². The van der Waals surface area contributed by atoms with E-state index in [1.165, 1.54) is 4.90 Å². The molecule has 1 amide bonds. The summed E-state index contributed by atoms with van der Waals surface area (Å²) in [5, 5.41) is 8.67. The van der Waals surface area contributed by atoms with Gasteiger partial charge in [0.25, 0.3) is 11.8 Å². The lowest BCUT2D eigenvalue weighted by molar-refractivity contribution is -0.138. The summed E-state index contributed by atoms with van der Waals surface area (Å²) in [7, 11) is 0. The SMILES string of the molecule is CC(C)N1Cc2c(cc(C(F)(F)CO)cc2C(F)(F)F)C1=O. The van der Waals surface area contributed by atoms with E-state index in [4.69, 9.17) is 5.11 Å². The number of carbonyl (C=O) groups excluding carboxylic acids is 1. The van der Waals surface area contributed by atoms with Gasteiger partial charge in [-0.3, -0.25) is 4.79 Å².